The number of hydrogen-bond acceptors (Lipinski definition) is 5. The van der Waals surface area contributed by atoms with Crippen molar-refractivity contribution in [3.8, 4) is 0 Å². The van der Waals surface area contributed by atoms with E-state index in [-0.39, 0.29) is 23.6 Å². The molecule has 1 aliphatic heterocycles. The van der Waals surface area contributed by atoms with Gasteiger partial charge in [0.15, 0.2) is 0 Å². The highest BCUT2D eigenvalue weighted by molar-refractivity contribution is 7.89. The van der Waals surface area contributed by atoms with Crippen molar-refractivity contribution in [2.45, 2.75) is 24.7 Å². The number of hydrogen-bond donors (Lipinski definition) is 2. The summed E-state index contributed by atoms with van der Waals surface area (Å²) in [4.78, 5) is 24.2. The maximum absolute atomic E-state index is 12.6. The quantitative estimate of drug-likeness (QED) is 0.656. The number of ether oxygens (including phenoxy) is 1. The smallest absolute Gasteiger partial charge is 0.411 e. The number of nitrogens with one attached hydrogen (secondary N) is 2. The van der Waals surface area contributed by atoms with Crippen LogP contribution in [0.15, 0.2) is 53.4 Å². The van der Waals surface area contributed by atoms with Crippen molar-refractivity contribution in [1.29, 1.82) is 0 Å². The molecule has 30 heavy (non-hydrogen) atoms. The zero-order valence-electron chi connectivity index (χ0n) is 16.8. The molecule has 2 aromatic carbocycles. The molecule has 160 valence electrons. The second-order valence-electron chi connectivity index (χ2n) is 7.02. The fourth-order valence-corrected chi connectivity index (χ4v) is 4.64. The van der Waals surface area contributed by atoms with E-state index in [0.29, 0.717) is 18.8 Å². The molecular formula is C21H25N3O5S. The Bertz CT molecular complexity index is 1000. The second-order valence-corrected chi connectivity index (χ2v) is 8.96. The highest BCUT2D eigenvalue weighted by Crippen LogP contribution is 2.21. The maximum Gasteiger partial charge on any atom is 0.411 e. The molecule has 1 fully saturated rings. The summed E-state index contributed by atoms with van der Waals surface area (Å²) in [7, 11) is -3.59. The topological polar surface area (TPSA) is 105 Å². The van der Waals surface area contributed by atoms with Gasteiger partial charge in [-0.3, -0.25) is 10.1 Å². The van der Waals surface area contributed by atoms with Crippen LogP contribution in [0.25, 0.3) is 0 Å². The Labute approximate surface area is 176 Å². The summed E-state index contributed by atoms with van der Waals surface area (Å²) < 4.78 is 31.8. The van der Waals surface area contributed by atoms with E-state index in [2.05, 4.69) is 10.6 Å². The normalized spacial score (nSPS) is 14.3. The molecule has 0 aromatic heterocycles. The van der Waals surface area contributed by atoms with E-state index in [4.69, 9.17) is 4.74 Å². The third-order valence-corrected chi connectivity index (χ3v) is 6.61. The Morgan fingerprint density at radius 3 is 2.47 bits per heavy atom. The summed E-state index contributed by atoms with van der Waals surface area (Å²) in [6, 6.07) is 13.2. The van der Waals surface area contributed by atoms with Crippen molar-refractivity contribution in [3.05, 3.63) is 59.7 Å². The number of rotatable bonds is 7. The predicted octanol–water partition coefficient (Wildman–Crippen LogP) is 2.76. The van der Waals surface area contributed by atoms with Gasteiger partial charge < -0.3 is 10.1 Å². The summed E-state index contributed by atoms with van der Waals surface area (Å²) in [6.07, 6.45) is 1.07. The fraction of sp³-hybridized carbons (Fsp3) is 0.333. The standard InChI is InChI=1S/C21H25N3O5S/c1-16-7-9-18(10-8-16)23-21(26)29-14-11-22-20(25)17-5-4-6-19(15-17)30(27,28)24-12-2-3-13-24/h4-10,15H,2-3,11-14H2,1H3,(H,22,25)(H,23,26). The first-order chi connectivity index (χ1) is 14.4. The van der Waals surface area contributed by atoms with Crippen LogP contribution in [0.2, 0.25) is 0 Å². The van der Waals surface area contributed by atoms with Crippen molar-refractivity contribution < 1.29 is 22.7 Å². The number of carbonyl (C=O) groups excluding carboxylic acids is 2. The summed E-state index contributed by atoms with van der Waals surface area (Å²) in [6.45, 7) is 3.03. The maximum atomic E-state index is 12.6. The second kappa shape index (κ2) is 9.73. The molecule has 0 bridgehead atoms. The molecule has 0 saturated carbocycles. The minimum Gasteiger partial charge on any atom is -0.447 e. The van der Waals surface area contributed by atoms with Gasteiger partial charge in [-0.25, -0.2) is 13.2 Å². The van der Waals surface area contributed by atoms with Crippen LogP contribution in [-0.4, -0.2) is 51.0 Å². The van der Waals surface area contributed by atoms with Gasteiger partial charge in [0.05, 0.1) is 11.4 Å². The largest absolute Gasteiger partial charge is 0.447 e. The van der Waals surface area contributed by atoms with Crippen molar-refractivity contribution in [2.24, 2.45) is 0 Å². The van der Waals surface area contributed by atoms with E-state index in [0.717, 1.165) is 18.4 Å². The van der Waals surface area contributed by atoms with Crippen molar-refractivity contribution in [3.63, 3.8) is 0 Å². The lowest BCUT2D eigenvalue weighted by Crippen LogP contribution is -2.30. The third-order valence-electron chi connectivity index (χ3n) is 4.72. The Morgan fingerprint density at radius 2 is 1.77 bits per heavy atom. The van der Waals surface area contributed by atoms with Crippen LogP contribution in [0.1, 0.15) is 28.8 Å². The minimum absolute atomic E-state index is 0.0186. The molecule has 9 heteroatoms. The number of anilines is 1. The molecule has 1 saturated heterocycles. The molecule has 0 spiro atoms. The first-order valence-corrected chi connectivity index (χ1v) is 11.2. The van der Waals surface area contributed by atoms with Gasteiger partial charge in [-0.15, -0.1) is 0 Å². The van der Waals surface area contributed by atoms with Crippen LogP contribution in [0.5, 0.6) is 0 Å². The molecule has 0 atom stereocenters. The highest BCUT2D eigenvalue weighted by atomic mass is 32.2. The van der Waals surface area contributed by atoms with Crippen LogP contribution in [-0.2, 0) is 14.8 Å². The van der Waals surface area contributed by atoms with E-state index >= 15 is 0 Å². The van der Waals surface area contributed by atoms with Crippen molar-refractivity contribution in [1.82, 2.24) is 9.62 Å². The molecular weight excluding hydrogens is 406 g/mol. The van der Waals surface area contributed by atoms with Crippen LogP contribution < -0.4 is 10.6 Å². The number of aryl methyl sites for hydroxylation is 1. The molecule has 3 rings (SSSR count). The number of amides is 2. The van der Waals surface area contributed by atoms with Crippen LogP contribution >= 0.6 is 0 Å². The van der Waals surface area contributed by atoms with Gasteiger partial charge >= 0.3 is 6.09 Å². The van der Waals surface area contributed by atoms with Crippen molar-refractivity contribution >= 4 is 27.7 Å². The molecule has 1 heterocycles. The molecule has 1 aliphatic rings. The van der Waals surface area contributed by atoms with Gasteiger partial charge in [-0.05, 0) is 50.1 Å². The number of nitrogens with zero attached hydrogens (tertiary/aromatic N) is 1. The Morgan fingerprint density at radius 1 is 1.07 bits per heavy atom. The van der Waals surface area contributed by atoms with E-state index in [1.54, 1.807) is 24.3 Å². The average Bonchev–Trinajstić information content (AvgIpc) is 3.29. The molecule has 2 aromatic rings. The van der Waals surface area contributed by atoms with Crippen LogP contribution in [0.3, 0.4) is 0 Å². The van der Waals surface area contributed by atoms with Crippen molar-refractivity contribution in [2.75, 3.05) is 31.6 Å². The summed E-state index contributed by atoms with van der Waals surface area (Å²) >= 11 is 0. The Balaban J connectivity index is 1.48. The SMILES string of the molecule is Cc1ccc(NC(=O)OCCNC(=O)c2cccc(S(=O)(=O)N3CCCC3)c2)cc1. The minimum atomic E-state index is -3.59. The number of carbonyl (C=O) groups is 2. The van der Waals surface area contributed by atoms with E-state index in [1.165, 1.54) is 16.4 Å². The third kappa shape index (κ3) is 5.58. The summed E-state index contributed by atoms with van der Waals surface area (Å²) in [5, 5.41) is 5.22. The van der Waals surface area contributed by atoms with Gasteiger partial charge in [-0.1, -0.05) is 23.8 Å². The Hall–Kier alpha value is -2.91. The molecule has 0 unspecified atom stereocenters. The predicted molar refractivity (Wildman–Crippen MR) is 113 cm³/mol. The summed E-state index contributed by atoms with van der Waals surface area (Å²) in [5.74, 6) is -0.434. The molecule has 0 aliphatic carbocycles. The molecule has 2 N–H and O–H groups in total. The van der Waals surface area contributed by atoms with Gasteiger partial charge in [-0.2, -0.15) is 4.31 Å². The first kappa shape index (κ1) is 21.8. The first-order valence-electron chi connectivity index (χ1n) is 9.75. The van der Waals surface area contributed by atoms with Gasteiger partial charge in [0.25, 0.3) is 5.91 Å². The number of benzene rings is 2. The van der Waals surface area contributed by atoms with E-state index in [1.807, 2.05) is 19.1 Å². The van der Waals surface area contributed by atoms with Crippen LogP contribution in [0.4, 0.5) is 10.5 Å². The highest BCUT2D eigenvalue weighted by Gasteiger charge is 2.27. The molecule has 0 radical (unpaired) electrons. The zero-order valence-corrected chi connectivity index (χ0v) is 17.6. The van der Waals surface area contributed by atoms with E-state index < -0.39 is 22.0 Å². The monoisotopic (exact) mass is 431 g/mol. The number of sulfonamides is 1. The van der Waals surface area contributed by atoms with Gasteiger partial charge in [0, 0.05) is 24.3 Å². The lowest BCUT2D eigenvalue weighted by Gasteiger charge is -2.16. The lowest BCUT2D eigenvalue weighted by molar-refractivity contribution is 0.0937. The molecule has 8 nitrogen and oxygen atoms in total. The van der Waals surface area contributed by atoms with E-state index in [9.17, 15) is 18.0 Å². The van der Waals surface area contributed by atoms with Gasteiger partial charge in [0.1, 0.15) is 6.61 Å². The fourth-order valence-electron chi connectivity index (χ4n) is 3.08. The average molecular weight is 432 g/mol. The van der Waals surface area contributed by atoms with Crippen LogP contribution in [0, 0.1) is 6.92 Å². The lowest BCUT2D eigenvalue weighted by atomic mass is 10.2. The summed E-state index contributed by atoms with van der Waals surface area (Å²) in [5.41, 5.74) is 1.93. The zero-order chi connectivity index (χ0) is 21.6. The van der Waals surface area contributed by atoms with Gasteiger partial charge in [0.2, 0.25) is 10.0 Å². The molecule has 2 amide bonds. The Kier molecular flexibility index (Phi) is 7.07.